The maximum Gasteiger partial charge on any atom is 0.0764 e. The van der Waals surface area contributed by atoms with E-state index in [1.165, 1.54) is 11.1 Å². The Bertz CT molecular complexity index is 628. The van der Waals surface area contributed by atoms with Crippen LogP contribution in [0.5, 0.6) is 0 Å². The molecule has 3 nitrogen and oxygen atoms in total. The fourth-order valence-electron chi connectivity index (χ4n) is 5.16. The molecule has 2 aliphatic rings. The van der Waals surface area contributed by atoms with Crippen molar-refractivity contribution in [1.29, 1.82) is 0 Å². The van der Waals surface area contributed by atoms with E-state index in [4.69, 9.17) is 0 Å². The molecule has 1 saturated carbocycles. The van der Waals surface area contributed by atoms with Gasteiger partial charge in [-0.15, -0.1) is 0 Å². The van der Waals surface area contributed by atoms with Crippen LogP contribution >= 0.6 is 0 Å². The highest BCUT2D eigenvalue weighted by molar-refractivity contribution is 5.24. The van der Waals surface area contributed by atoms with Crippen molar-refractivity contribution in [2.24, 2.45) is 23.2 Å². The van der Waals surface area contributed by atoms with Gasteiger partial charge in [0.05, 0.1) is 18.8 Å². The lowest BCUT2D eigenvalue weighted by molar-refractivity contribution is 0.0967. The minimum absolute atomic E-state index is 0.0128. The van der Waals surface area contributed by atoms with E-state index in [1.807, 2.05) is 13.0 Å². The number of aliphatic hydroxyl groups is 3. The van der Waals surface area contributed by atoms with Gasteiger partial charge in [-0.3, -0.25) is 0 Å². The molecular weight excluding hydrogens is 348 g/mol. The van der Waals surface area contributed by atoms with Crippen molar-refractivity contribution in [1.82, 2.24) is 0 Å². The first kappa shape index (κ1) is 23.1. The lowest BCUT2D eigenvalue weighted by Crippen LogP contribution is -2.28. The summed E-state index contributed by atoms with van der Waals surface area (Å²) in [5.74, 6) is 0.835. The largest absolute Gasteiger partial charge is 0.393 e. The Morgan fingerprint density at radius 3 is 2.61 bits per heavy atom. The van der Waals surface area contributed by atoms with Gasteiger partial charge in [0.15, 0.2) is 0 Å². The lowest BCUT2D eigenvalue weighted by Gasteiger charge is -2.34. The van der Waals surface area contributed by atoms with Crippen LogP contribution < -0.4 is 0 Å². The molecule has 28 heavy (non-hydrogen) atoms. The molecule has 0 aromatic rings. The molecule has 5 unspecified atom stereocenters. The highest BCUT2D eigenvalue weighted by atomic mass is 16.3. The lowest BCUT2D eigenvalue weighted by atomic mass is 9.71. The van der Waals surface area contributed by atoms with Crippen LogP contribution in [0.1, 0.15) is 66.2 Å². The number of fused-ring (bicyclic) bond motifs is 1. The standard InChI is InChI=1S/C25H40O3/c1-17(2)24-22-10-9-20(16-26)14-21(27)13-19(4)8-6-7-18(3)11-12-25(22,5)15-23(24)28/h8-10,14,17,21-24,26-28H,3,6-7,11-13,15-16H2,1-2,4-5H3/b10-9-,19-8-,20-14-. The summed E-state index contributed by atoms with van der Waals surface area (Å²) in [6.07, 6.45) is 12.5. The van der Waals surface area contributed by atoms with Crippen molar-refractivity contribution >= 4 is 0 Å². The zero-order chi connectivity index (χ0) is 20.9. The molecular formula is C25H40O3. The second-order valence-corrected chi connectivity index (χ2v) is 9.64. The van der Waals surface area contributed by atoms with Gasteiger partial charge in [-0.25, -0.2) is 0 Å². The van der Waals surface area contributed by atoms with Crippen molar-refractivity contribution in [3.8, 4) is 0 Å². The first-order valence-electron chi connectivity index (χ1n) is 10.8. The summed E-state index contributed by atoms with van der Waals surface area (Å²) < 4.78 is 0. The topological polar surface area (TPSA) is 60.7 Å². The molecule has 0 spiro atoms. The molecule has 3 heteroatoms. The molecule has 1 fully saturated rings. The molecule has 0 bridgehead atoms. The van der Waals surface area contributed by atoms with Gasteiger partial charge < -0.3 is 15.3 Å². The minimum atomic E-state index is -0.599. The Balaban J connectivity index is 2.39. The van der Waals surface area contributed by atoms with E-state index in [2.05, 4.69) is 39.5 Å². The van der Waals surface area contributed by atoms with E-state index in [1.54, 1.807) is 6.08 Å². The third-order valence-electron chi connectivity index (χ3n) is 6.79. The minimum Gasteiger partial charge on any atom is -0.393 e. The third-order valence-corrected chi connectivity index (χ3v) is 6.79. The van der Waals surface area contributed by atoms with Crippen LogP contribution in [-0.4, -0.2) is 34.1 Å². The second kappa shape index (κ2) is 10.0. The number of rotatable bonds is 2. The monoisotopic (exact) mass is 388 g/mol. The molecule has 2 aliphatic carbocycles. The Labute approximate surface area is 171 Å². The van der Waals surface area contributed by atoms with Crippen molar-refractivity contribution in [2.45, 2.75) is 78.4 Å². The zero-order valence-corrected chi connectivity index (χ0v) is 18.2. The van der Waals surface area contributed by atoms with Crippen LogP contribution in [0.25, 0.3) is 0 Å². The van der Waals surface area contributed by atoms with E-state index < -0.39 is 6.10 Å². The molecule has 2 rings (SSSR count). The molecule has 0 amide bonds. The summed E-state index contributed by atoms with van der Waals surface area (Å²) in [6.45, 7) is 12.9. The van der Waals surface area contributed by atoms with Gasteiger partial charge in [0.1, 0.15) is 0 Å². The normalized spacial score (nSPS) is 40.6. The quantitative estimate of drug-likeness (QED) is 0.587. The summed E-state index contributed by atoms with van der Waals surface area (Å²) in [6, 6.07) is 0. The Morgan fingerprint density at radius 2 is 1.96 bits per heavy atom. The molecule has 5 atom stereocenters. The maximum absolute atomic E-state index is 10.8. The van der Waals surface area contributed by atoms with E-state index in [0.29, 0.717) is 12.3 Å². The number of aliphatic hydroxyl groups excluding tert-OH is 3. The van der Waals surface area contributed by atoms with Gasteiger partial charge in [0.25, 0.3) is 0 Å². The molecule has 0 saturated heterocycles. The van der Waals surface area contributed by atoms with Crippen molar-refractivity contribution in [3.63, 3.8) is 0 Å². The molecule has 3 N–H and O–H groups in total. The van der Waals surface area contributed by atoms with Crippen LogP contribution in [-0.2, 0) is 0 Å². The van der Waals surface area contributed by atoms with Gasteiger partial charge in [0, 0.05) is 0 Å². The average Bonchev–Trinajstić information content (AvgIpc) is 2.86. The molecule has 0 aromatic carbocycles. The Hall–Kier alpha value is -1.16. The second-order valence-electron chi connectivity index (χ2n) is 9.64. The van der Waals surface area contributed by atoms with Crippen molar-refractivity contribution < 1.29 is 15.3 Å². The number of allylic oxidation sites excluding steroid dienone is 3. The summed E-state index contributed by atoms with van der Waals surface area (Å²) in [7, 11) is 0. The highest BCUT2D eigenvalue weighted by Gasteiger charge is 2.49. The molecule has 0 radical (unpaired) electrons. The zero-order valence-electron chi connectivity index (χ0n) is 18.2. The SMILES string of the molecule is C=C1CC/C=C(/C)CC(O)/C=C(CO)/C=C\C2C(C(C)C)C(O)CC2(C)CC1. The van der Waals surface area contributed by atoms with Gasteiger partial charge in [-0.2, -0.15) is 0 Å². The smallest absolute Gasteiger partial charge is 0.0764 e. The highest BCUT2D eigenvalue weighted by Crippen LogP contribution is 2.53. The van der Waals surface area contributed by atoms with E-state index in [9.17, 15) is 15.3 Å². The van der Waals surface area contributed by atoms with Crippen LogP contribution in [0, 0.1) is 23.2 Å². The average molecular weight is 389 g/mol. The summed E-state index contributed by atoms with van der Waals surface area (Å²) in [5, 5.41) is 31.0. The predicted molar refractivity (Wildman–Crippen MR) is 117 cm³/mol. The molecule has 0 aromatic heterocycles. The fraction of sp³-hybridized carbons (Fsp3) is 0.680. The molecule has 0 aliphatic heterocycles. The van der Waals surface area contributed by atoms with Crippen LogP contribution in [0.2, 0.25) is 0 Å². The van der Waals surface area contributed by atoms with Gasteiger partial charge >= 0.3 is 0 Å². The van der Waals surface area contributed by atoms with Crippen LogP contribution in [0.4, 0.5) is 0 Å². The van der Waals surface area contributed by atoms with Crippen LogP contribution in [0.15, 0.2) is 47.6 Å². The van der Waals surface area contributed by atoms with E-state index in [0.717, 1.165) is 37.7 Å². The van der Waals surface area contributed by atoms with Crippen LogP contribution in [0.3, 0.4) is 0 Å². The maximum atomic E-state index is 10.8. The summed E-state index contributed by atoms with van der Waals surface area (Å²) in [4.78, 5) is 0. The fourth-order valence-corrected chi connectivity index (χ4v) is 5.16. The van der Waals surface area contributed by atoms with Crippen molar-refractivity contribution in [2.75, 3.05) is 6.61 Å². The van der Waals surface area contributed by atoms with Gasteiger partial charge in [0.2, 0.25) is 0 Å². The number of hydrogen-bond acceptors (Lipinski definition) is 3. The molecule has 0 heterocycles. The third kappa shape index (κ3) is 5.92. The number of hydrogen-bond donors (Lipinski definition) is 3. The van der Waals surface area contributed by atoms with E-state index in [-0.39, 0.29) is 30.0 Å². The Morgan fingerprint density at radius 1 is 1.25 bits per heavy atom. The first-order valence-corrected chi connectivity index (χ1v) is 10.8. The Kier molecular flexibility index (Phi) is 8.30. The first-order chi connectivity index (χ1) is 13.2. The van der Waals surface area contributed by atoms with Gasteiger partial charge in [-0.1, -0.05) is 62.8 Å². The molecule has 158 valence electrons. The predicted octanol–water partition coefficient (Wildman–Crippen LogP) is 4.95. The van der Waals surface area contributed by atoms with Crippen molar-refractivity contribution in [3.05, 3.63) is 47.6 Å². The summed E-state index contributed by atoms with van der Waals surface area (Å²) >= 11 is 0. The van der Waals surface area contributed by atoms with E-state index >= 15 is 0 Å². The summed E-state index contributed by atoms with van der Waals surface area (Å²) in [5.41, 5.74) is 3.18. The van der Waals surface area contributed by atoms with Gasteiger partial charge in [-0.05, 0) is 74.2 Å².